The maximum Gasteiger partial charge on any atom is 0.165 e. The molecular formula is C16H22N2O2. The maximum absolute atomic E-state index is 9.11. The molecule has 0 saturated carbocycles. The Labute approximate surface area is 120 Å². The van der Waals surface area contributed by atoms with Gasteiger partial charge >= 0.3 is 0 Å². The van der Waals surface area contributed by atoms with E-state index in [2.05, 4.69) is 31.3 Å². The summed E-state index contributed by atoms with van der Waals surface area (Å²) in [5.41, 5.74) is 0.454. The predicted octanol–water partition coefficient (Wildman–Crippen LogP) is 2.67. The highest BCUT2D eigenvalue weighted by atomic mass is 16.5. The Morgan fingerprint density at radius 2 is 2.25 bits per heavy atom. The Hall–Kier alpha value is -1.73. The molecule has 1 aromatic carbocycles. The molecular weight excluding hydrogens is 252 g/mol. The van der Waals surface area contributed by atoms with Crippen LogP contribution in [0.1, 0.15) is 32.8 Å². The lowest BCUT2D eigenvalue weighted by atomic mass is 10.0. The number of para-hydroxylation sites is 1. The molecule has 2 rings (SSSR count). The third-order valence-electron chi connectivity index (χ3n) is 3.71. The van der Waals surface area contributed by atoms with Crippen molar-refractivity contribution in [1.29, 1.82) is 5.26 Å². The molecule has 20 heavy (non-hydrogen) atoms. The largest absolute Gasteiger partial charge is 0.490 e. The minimum Gasteiger partial charge on any atom is -0.490 e. The second kappa shape index (κ2) is 5.34. The van der Waals surface area contributed by atoms with Crippen LogP contribution in [-0.4, -0.2) is 24.8 Å². The quantitative estimate of drug-likeness (QED) is 0.897. The van der Waals surface area contributed by atoms with Crippen LogP contribution in [0.5, 0.6) is 11.5 Å². The van der Waals surface area contributed by atoms with Crippen molar-refractivity contribution >= 4 is 0 Å². The third kappa shape index (κ3) is 3.05. The third-order valence-corrected chi connectivity index (χ3v) is 3.71. The monoisotopic (exact) mass is 274 g/mol. The Balaban J connectivity index is 2.03. The summed E-state index contributed by atoms with van der Waals surface area (Å²) in [4.78, 5) is 0. The SMILES string of the molecule is CNC(C)(C#N)CCOc1cccc2c1OC(C)(C)C2. The lowest BCUT2D eigenvalue weighted by Gasteiger charge is -2.21. The minimum absolute atomic E-state index is 0.173. The van der Waals surface area contributed by atoms with Crippen LogP contribution in [0.15, 0.2) is 18.2 Å². The average molecular weight is 274 g/mol. The van der Waals surface area contributed by atoms with Gasteiger partial charge in [-0.2, -0.15) is 5.26 Å². The number of hydrogen-bond acceptors (Lipinski definition) is 4. The lowest BCUT2D eigenvalue weighted by molar-refractivity contribution is 0.131. The number of ether oxygens (including phenoxy) is 2. The topological polar surface area (TPSA) is 54.3 Å². The molecule has 4 heteroatoms. The predicted molar refractivity (Wildman–Crippen MR) is 78.0 cm³/mol. The summed E-state index contributed by atoms with van der Waals surface area (Å²) >= 11 is 0. The highest BCUT2D eigenvalue weighted by Crippen LogP contribution is 2.41. The molecule has 1 aliphatic rings. The van der Waals surface area contributed by atoms with Gasteiger partial charge in [0.2, 0.25) is 0 Å². The van der Waals surface area contributed by atoms with E-state index in [1.165, 1.54) is 5.56 Å². The summed E-state index contributed by atoms with van der Waals surface area (Å²) in [6.45, 7) is 6.49. The van der Waals surface area contributed by atoms with Crippen molar-refractivity contribution in [2.45, 2.75) is 44.8 Å². The molecule has 1 unspecified atom stereocenters. The lowest BCUT2D eigenvalue weighted by Crippen LogP contribution is -2.39. The van der Waals surface area contributed by atoms with Crippen LogP contribution in [0.3, 0.4) is 0 Å². The smallest absolute Gasteiger partial charge is 0.165 e. The standard InChI is InChI=1S/C16H22N2O2/c1-15(2)10-12-6-5-7-13(14(12)20-15)19-9-8-16(3,11-17)18-4/h5-7,18H,8-10H2,1-4H3. The zero-order valence-electron chi connectivity index (χ0n) is 12.6. The number of nitriles is 1. The van der Waals surface area contributed by atoms with Gasteiger partial charge in [0.25, 0.3) is 0 Å². The molecule has 0 radical (unpaired) electrons. The molecule has 1 aliphatic heterocycles. The van der Waals surface area contributed by atoms with E-state index in [9.17, 15) is 0 Å². The van der Waals surface area contributed by atoms with Gasteiger partial charge in [-0.25, -0.2) is 0 Å². The first kappa shape index (κ1) is 14.7. The molecule has 0 saturated heterocycles. The molecule has 1 aromatic rings. The number of nitrogens with one attached hydrogen (secondary N) is 1. The van der Waals surface area contributed by atoms with Crippen LogP contribution in [0.4, 0.5) is 0 Å². The van der Waals surface area contributed by atoms with E-state index >= 15 is 0 Å². The molecule has 4 nitrogen and oxygen atoms in total. The van der Waals surface area contributed by atoms with E-state index < -0.39 is 5.54 Å². The molecule has 0 fully saturated rings. The Bertz CT molecular complexity index is 534. The van der Waals surface area contributed by atoms with Crippen LogP contribution < -0.4 is 14.8 Å². The highest BCUT2D eigenvalue weighted by Gasteiger charge is 2.32. The van der Waals surface area contributed by atoms with Crippen molar-refractivity contribution in [2.75, 3.05) is 13.7 Å². The van der Waals surface area contributed by atoms with Crippen LogP contribution in [0.2, 0.25) is 0 Å². The van der Waals surface area contributed by atoms with Gasteiger partial charge in [0.1, 0.15) is 11.1 Å². The summed E-state index contributed by atoms with van der Waals surface area (Å²) < 4.78 is 11.8. The van der Waals surface area contributed by atoms with Gasteiger partial charge in [0.15, 0.2) is 11.5 Å². The van der Waals surface area contributed by atoms with Gasteiger partial charge in [0.05, 0.1) is 12.7 Å². The molecule has 0 aliphatic carbocycles. The van der Waals surface area contributed by atoms with Crippen molar-refractivity contribution in [3.05, 3.63) is 23.8 Å². The highest BCUT2D eigenvalue weighted by molar-refractivity contribution is 5.50. The van der Waals surface area contributed by atoms with Crippen molar-refractivity contribution in [2.24, 2.45) is 0 Å². The number of benzene rings is 1. The average Bonchev–Trinajstić information content (AvgIpc) is 2.73. The van der Waals surface area contributed by atoms with Crippen molar-refractivity contribution in [3.8, 4) is 17.6 Å². The van der Waals surface area contributed by atoms with E-state index in [4.69, 9.17) is 14.7 Å². The minimum atomic E-state index is -0.557. The van der Waals surface area contributed by atoms with E-state index in [-0.39, 0.29) is 5.60 Å². The fraction of sp³-hybridized carbons (Fsp3) is 0.562. The molecule has 1 N–H and O–H groups in total. The molecule has 108 valence electrons. The maximum atomic E-state index is 9.11. The fourth-order valence-corrected chi connectivity index (χ4v) is 2.30. The van der Waals surface area contributed by atoms with Crippen LogP contribution in [0.25, 0.3) is 0 Å². The molecule has 1 atom stereocenters. The Morgan fingerprint density at radius 1 is 1.50 bits per heavy atom. The first-order valence-corrected chi connectivity index (χ1v) is 6.93. The molecule has 0 aromatic heterocycles. The molecule has 0 spiro atoms. The molecule has 0 amide bonds. The second-order valence-electron chi connectivity index (χ2n) is 6.08. The van der Waals surface area contributed by atoms with Crippen LogP contribution >= 0.6 is 0 Å². The van der Waals surface area contributed by atoms with Crippen molar-refractivity contribution in [1.82, 2.24) is 5.32 Å². The van der Waals surface area contributed by atoms with Crippen molar-refractivity contribution in [3.63, 3.8) is 0 Å². The van der Waals surface area contributed by atoms with Gasteiger partial charge in [-0.1, -0.05) is 12.1 Å². The number of rotatable bonds is 5. The fourth-order valence-electron chi connectivity index (χ4n) is 2.30. The second-order valence-corrected chi connectivity index (χ2v) is 6.08. The number of hydrogen-bond donors (Lipinski definition) is 1. The summed E-state index contributed by atoms with van der Waals surface area (Å²) in [5, 5.41) is 12.1. The summed E-state index contributed by atoms with van der Waals surface area (Å²) in [7, 11) is 1.79. The van der Waals surface area contributed by atoms with Gasteiger partial charge in [0, 0.05) is 18.4 Å². The zero-order valence-corrected chi connectivity index (χ0v) is 12.6. The van der Waals surface area contributed by atoms with Gasteiger partial charge in [-0.3, -0.25) is 0 Å². The molecule has 0 bridgehead atoms. The van der Waals surface area contributed by atoms with E-state index in [1.54, 1.807) is 7.05 Å². The number of nitrogens with zero attached hydrogens (tertiary/aromatic N) is 1. The first-order chi connectivity index (χ1) is 9.39. The first-order valence-electron chi connectivity index (χ1n) is 6.93. The van der Waals surface area contributed by atoms with Gasteiger partial charge < -0.3 is 14.8 Å². The molecule has 1 heterocycles. The van der Waals surface area contributed by atoms with E-state index in [0.29, 0.717) is 13.0 Å². The van der Waals surface area contributed by atoms with E-state index in [1.807, 2.05) is 19.1 Å². The van der Waals surface area contributed by atoms with Gasteiger partial charge in [-0.05, 0) is 33.9 Å². The summed E-state index contributed by atoms with van der Waals surface area (Å²) in [6, 6.07) is 8.24. The Kier molecular flexibility index (Phi) is 3.92. The summed E-state index contributed by atoms with van der Waals surface area (Å²) in [6.07, 6.45) is 1.51. The van der Waals surface area contributed by atoms with Crippen LogP contribution in [0, 0.1) is 11.3 Å². The number of fused-ring (bicyclic) bond motifs is 1. The normalized spacial score (nSPS) is 18.6. The van der Waals surface area contributed by atoms with Gasteiger partial charge in [-0.15, -0.1) is 0 Å². The van der Waals surface area contributed by atoms with E-state index in [0.717, 1.165) is 17.9 Å². The summed E-state index contributed by atoms with van der Waals surface area (Å²) in [5.74, 6) is 1.62. The van der Waals surface area contributed by atoms with Crippen molar-refractivity contribution < 1.29 is 9.47 Å². The Morgan fingerprint density at radius 3 is 2.90 bits per heavy atom. The zero-order chi connectivity index (χ0) is 14.8. The van der Waals surface area contributed by atoms with Crippen LogP contribution in [-0.2, 0) is 6.42 Å².